The summed E-state index contributed by atoms with van der Waals surface area (Å²) in [6.45, 7) is 8.77. The Morgan fingerprint density at radius 2 is 1.81 bits per heavy atom. The second-order valence-corrected chi connectivity index (χ2v) is 7.89. The van der Waals surface area contributed by atoms with Crippen LogP contribution in [0.15, 0.2) is 24.3 Å². The van der Waals surface area contributed by atoms with Gasteiger partial charge in [0.15, 0.2) is 0 Å². The zero-order chi connectivity index (χ0) is 18.4. The highest BCUT2D eigenvalue weighted by atomic mass is 16.5. The predicted octanol–water partition coefficient (Wildman–Crippen LogP) is 3.25. The maximum atomic E-state index is 12.4. The molecule has 1 atom stereocenters. The van der Waals surface area contributed by atoms with E-state index in [0.717, 1.165) is 45.1 Å². The Balaban J connectivity index is 1.59. The standard InChI is InChI=1S/C21H33N3O2/c1-16-3-5-18(6-4-16)20(24-11-7-17(2)8-12-24)15-22-21(25)23-19-9-13-26-14-10-19/h3-6,17,19-20H,7-15H2,1-2H3,(H2,22,23,25). The topological polar surface area (TPSA) is 53.6 Å². The lowest BCUT2D eigenvalue weighted by Gasteiger charge is -2.37. The van der Waals surface area contributed by atoms with Gasteiger partial charge in [-0.3, -0.25) is 4.90 Å². The molecule has 0 aromatic heterocycles. The van der Waals surface area contributed by atoms with Gasteiger partial charge in [0.1, 0.15) is 0 Å². The lowest BCUT2D eigenvalue weighted by atomic mass is 9.95. The third-order valence-corrected chi connectivity index (χ3v) is 5.73. The molecule has 1 aromatic rings. The second kappa shape index (κ2) is 9.38. The van der Waals surface area contributed by atoms with Gasteiger partial charge in [-0.05, 0) is 57.2 Å². The second-order valence-electron chi connectivity index (χ2n) is 7.89. The minimum absolute atomic E-state index is 0.0561. The first-order valence-electron chi connectivity index (χ1n) is 10.0. The number of amides is 2. The van der Waals surface area contributed by atoms with Crippen LogP contribution in [0.5, 0.6) is 0 Å². The Morgan fingerprint density at radius 3 is 2.46 bits per heavy atom. The summed E-state index contributed by atoms with van der Waals surface area (Å²) in [4.78, 5) is 14.9. The number of nitrogens with zero attached hydrogens (tertiary/aromatic N) is 1. The molecule has 0 spiro atoms. The quantitative estimate of drug-likeness (QED) is 0.848. The summed E-state index contributed by atoms with van der Waals surface area (Å²) in [6, 6.07) is 9.15. The number of hydrogen-bond acceptors (Lipinski definition) is 3. The van der Waals surface area contributed by atoms with Gasteiger partial charge in [0, 0.05) is 25.8 Å². The Bertz CT molecular complexity index is 561. The average Bonchev–Trinajstić information content (AvgIpc) is 2.65. The molecule has 2 aliphatic rings. The summed E-state index contributed by atoms with van der Waals surface area (Å²) in [5.74, 6) is 0.801. The van der Waals surface area contributed by atoms with Gasteiger partial charge >= 0.3 is 6.03 Å². The van der Waals surface area contributed by atoms with Crippen molar-refractivity contribution in [3.8, 4) is 0 Å². The highest BCUT2D eigenvalue weighted by molar-refractivity contribution is 5.74. The van der Waals surface area contributed by atoms with E-state index in [1.54, 1.807) is 0 Å². The Morgan fingerprint density at radius 1 is 1.15 bits per heavy atom. The average molecular weight is 360 g/mol. The first-order chi connectivity index (χ1) is 12.6. The van der Waals surface area contributed by atoms with Crippen molar-refractivity contribution < 1.29 is 9.53 Å². The molecule has 2 N–H and O–H groups in total. The van der Waals surface area contributed by atoms with Crippen LogP contribution >= 0.6 is 0 Å². The zero-order valence-electron chi connectivity index (χ0n) is 16.2. The number of likely N-dealkylation sites (tertiary alicyclic amines) is 1. The third-order valence-electron chi connectivity index (χ3n) is 5.73. The lowest BCUT2D eigenvalue weighted by molar-refractivity contribution is 0.0798. The van der Waals surface area contributed by atoms with Crippen molar-refractivity contribution in [2.24, 2.45) is 5.92 Å². The number of carbonyl (C=O) groups excluding carboxylic acids is 1. The molecule has 0 bridgehead atoms. The van der Waals surface area contributed by atoms with Crippen molar-refractivity contribution in [2.75, 3.05) is 32.8 Å². The summed E-state index contributed by atoms with van der Waals surface area (Å²) in [6.07, 6.45) is 4.27. The van der Waals surface area contributed by atoms with Gasteiger partial charge in [-0.25, -0.2) is 4.79 Å². The number of aryl methyl sites for hydroxylation is 1. The van der Waals surface area contributed by atoms with Crippen LogP contribution in [-0.2, 0) is 4.74 Å². The number of urea groups is 1. The van der Waals surface area contributed by atoms with Gasteiger partial charge in [-0.1, -0.05) is 36.8 Å². The van der Waals surface area contributed by atoms with Crippen LogP contribution in [0.3, 0.4) is 0 Å². The fourth-order valence-corrected chi connectivity index (χ4v) is 3.85. The molecule has 5 heteroatoms. The van der Waals surface area contributed by atoms with Crippen LogP contribution in [-0.4, -0.2) is 49.8 Å². The SMILES string of the molecule is Cc1ccc(C(CNC(=O)NC2CCOCC2)N2CCC(C)CC2)cc1. The molecule has 3 rings (SSSR count). The molecule has 0 saturated carbocycles. The summed E-state index contributed by atoms with van der Waals surface area (Å²) >= 11 is 0. The largest absolute Gasteiger partial charge is 0.381 e. The molecule has 5 nitrogen and oxygen atoms in total. The smallest absolute Gasteiger partial charge is 0.315 e. The van der Waals surface area contributed by atoms with Crippen molar-refractivity contribution in [1.29, 1.82) is 0 Å². The molecule has 26 heavy (non-hydrogen) atoms. The number of benzene rings is 1. The fraction of sp³-hybridized carbons (Fsp3) is 0.667. The first kappa shape index (κ1) is 19.2. The van der Waals surface area contributed by atoms with E-state index in [-0.39, 0.29) is 18.1 Å². The molecule has 2 saturated heterocycles. The van der Waals surface area contributed by atoms with Crippen molar-refractivity contribution in [3.63, 3.8) is 0 Å². The van der Waals surface area contributed by atoms with Gasteiger partial charge in [0.25, 0.3) is 0 Å². The predicted molar refractivity (Wildman–Crippen MR) is 104 cm³/mol. The maximum absolute atomic E-state index is 12.4. The molecule has 144 valence electrons. The number of nitrogens with one attached hydrogen (secondary N) is 2. The molecular formula is C21H33N3O2. The molecule has 2 amide bonds. The highest BCUT2D eigenvalue weighted by Crippen LogP contribution is 2.26. The minimum atomic E-state index is -0.0561. The van der Waals surface area contributed by atoms with Crippen LogP contribution in [0.25, 0.3) is 0 Å². The summed E-state index contributed by atoms with van der Waals surface area (Å²) in [5.41, 5.74) is 2.56. The van der Waals surface area contributed by atoms with E-state index in [1.165, 1.54) is 24.0 Å². The Labute approximate surface area is 157 Å². The van der Waals surface area contributed by atoms with Crippen LogP contribution in [0, 0.1) is 12.8 Å². The van der Waals surface area contributed by atoms with E-state index in [0.29, 0.717) is 6.54 Å². The third kappa shape index (κ3) is 5.45. The zero-order valence-corrected chi connectivity index (χ0v) is 16.2. The summed E-state index contributed by atoms with van der Waals surface area (Å²) in [5, 5.41) is 6.22. The molecule has 2 fully saturated rings. The number of piperidine rings is 1. The van der Waals surface area contributed by atoms with Crippen LogP contribution in [0.4, 0.5) is 4.79 Å². The van der Waals surface area contributed by atoms with E-state index in [1.807, 2.05) is 0 Å². The lowest BCUT2D eigenvalue weighted by Crippen LogP contribution is -2.48. The molecule has 2 heterocycles. The summed E-state index contributed by atoms with van der Waals surface area (Å²) < 4.78 is 5.36. The molecule has 0 aliphatic carbocycles. The maximum Gasteiger partial charge on any atom is 0.315 e. The molecule has 1 unspecified atom stereocenters. The highest BCUT2D eigenvalue weighted by Gasteiger charge is 2.25. The Kier molecular flexibility index (Phi) is 6.92. The van der Waals surface area contributed by atoms with Gasteiger partial charge in [0.2, 0.25) is 0 Å². The van der Waals surface area contributed by atoms with Crippen LogP contribution in [0.1, 0.15) is 49.8 Å². The van der Waals surface area contributed by atoms with Crippen molar-refractivity contribution in [1.82, 2.24) is 15.5 Å². The van der Waals surface area contributed by atoms with E-state index in [4.69, 9.17) is 4.74 Å². The minimum Gasteiger partial charge on any atom is -0.381 e. The van der Waals surface area contributed by atoms with Crippen molar-refractivity contribution in [3.05, 3.63) is 35.4 Å². The van der Waals surface area contributed by atoms with Crippen LogP contribution < -0.4 is 10.6 Å². The summed E-state index contributed by atoms with van der Waals surface area (Å²) in [7, 11) is 0. The monoisotopic (exact) mass is 359 g/mol. The van der Waals surface area contributed by atoms with Gasteiger partial charge < -0.3 is 15.4 Å². The van der Waals surface area contributed by atoms with Crippen LogP contribution in [0.2, 0.25) is 0 Å². The molecule has 2 aliphatic heterocycles. The number of rotatable bonds is 5. The normalized spacial score (nSPS) is 21.3. The van der Waals surface area contributed by atoms with Crippen molar-refractivity contribution in [2.45, 2.75) is 51.6 Å². The molecule has 1 aromatic carbocycles. The van der Waals surface area contributed by atoms with E-state index >= 15 is 0 Å². The van der Waals surface area contributed by atoms with E-state index in [2.05, 4.69) is 53.6 Å². The first-order valence-corrected chi connectivity index (χ1v) is 10.0. The fourth-order valence-electron chi connectivity index (χ4n) is 3.85. The van der Waals surface area contributed by atoms with Gasteiger partial charge in [-0.2, -0.15) is 0 Å². The van der Waals surface area contributed by atoms with E-state index < -0.39 is 0 Å². The van der Waals surface area contributed by atoms with Crippen molar-refractivity contribution >= 4 is 6.03 Å². The van der Waals surface area contributed by atoms with Gasteiger partial charge in [0.05, 0.1) is 6.04 Å². The van der Waals surface area contributed by atoms with Gasteiger partial charge in [-0.15, -0.1) is 0 Å². The van der Waals surface area contributed by atoms with E-state index in [9.17, 15) is 4.79 Å². The molecule has 0 radical (unpaired) electrons. The number of carbonyl (C=O) groups is 1. The number of hydrogen-bond donors (Lipinski definition) is 2. The number of ether oxygens (including phenoxy) is 1. The Hall–Kier alpha value is -1.59. The molecular weight excluding hydrogens is 326 g/mol.